The van der Waals surface area contributed by atoms with Gasteiger partial charge in [-0.25, -0.2) is 4.68 Å². The second-order valence-corrected chi connectivity index (χ2v) is 7.54. The molecule has 1 aliphatic carbocycles. The molecule has 0 bridgehead atoms. The summed E-state index contributed by atoms with van der Waals surface area (Å²) >= 11 is 1.64. The second-order valence-electron chi connectivity index (χ2n) is 6.48. The Kier molecular flexibility index (Phi) is 4.72. The van der Waals surface area contributed by atoms with Gasteiger partial charge in [-0.2, -0.15) is 4.98 Å². The van der Waals surface area contributed by atoms with Gasteiger partial charge in [0.15, 0.2) is 5.78 Å². The molecule has 7 heteroatoms. The summed E-state index contributed by atoms with van der Waals surface area (Å²) in [6.07, 6.45) is 3.41. The van der Waals surface area contributed by atoms with Crippen molar-refractivity contribution in [3.05, 3.63) is 41.1 Å². The minimum Gasteiger partial charge on any atom is -0.497 e. The average Bonchev–Trinajstić information content (AvgIpc) is 3.07. The Morgan fingerprint density at radius 3 is 2.85 bits per heavy atom. The molecule has 2 aromatic rings. The van der Waals surface area contributed by atoms with Crippen LogP contribution in [0.2, 0.25) is 0 Å². The van der Waals surface area contributed by atoms with Gasteiger partial charge in [0.1, 0.15) is 11.8 Å². The molecule has 0 spiro atoms. The molecular weight excluding hydrogens is 348 g/mol. The van der Waals surface area contributed by atoms with Crippen molar-refractivity contribution in [2.24, 2.45) is 0 Å². The van der Waals surface area contributed by atoms with E-state index >= 15 is 0 Å². The number of allylic oxidation sites excluding steroid dienone is 2. The minimum atomic E-state index is -0.233. The fourth-order valence-corrected chi connectivity index (χ4v) is 4.17. The van der Waals surface area contributed by atoms with Crippen molar-refractivity contribution in [2.45, 2.75) is 43.8 Å². The van der Waals surface area contributed by atoms with E-state index in [1.54, 1.807) is 18.9 Å². The third-order valence-electron chi connectivity index (χ3n) is 4.72. The first kappa shape index (κ1) is 17.1. The van der Waals surface area contributed by atoms with Crippen LogP contribution in [0.1, 0.15) is 44.2 Å². The van der Waals surface area contributed by atoms with Crippen molar-refractivity contribution in [1.29, 1.82) is 0 Å². The first-order valence-corrected chi connectivity index (χ1v) is 9.96. The molecule has 1 unspecified atom stereocenters. The highest BCUT2D eigenvalue weighted by atomic mass is 32.2. The van der Waals surface area contributed by atoms with E-state index in [4.69, 9.17) is 9.84 Å². The zero-order chi connectivity index (χ0) is 18.1. The molecule has 2 aliphatic rings. The Bertz CT molecular complexity index is 857. The van der Waals surface area contributed by atoms with E-state index in [9.17, 15) is 4.79 Å². The number of fused-ring (bicyclic) bond motifs is 1. The van der Waals surface area contributed by atoms with Crippen LogP contribution >= 0.6 is 11.8 Å². The number of carbonyl (C=O) groups excluding carboxylic acids is 1. The lowest BCUT2D eigenvalue weighted by molar-refractivity contribution is -0.116. The van der Waals surface area contributed by atoms with E-state index in [1.807, 2.05) is 28.9 Å². The molecule has 2 heterocycles. The Hall–Kier alpha value is -2.28. The number of nitrogens with one attached hydrogen (secondary N) is 1. The number of carbonyl (C=O) groups is 1. The molecule has 0 fully saturated rings. The predicted molar refractivity (Wildman–Crippen MR) is 102 cm³/mol. The lowest BCUT2D eigenvalue weighted by Crippen LogP contribution is -2.31. The Morgan fingerprint density at radius 2 is 2.12 bits per heavy atom. The Labute approximate surface area is 157 Å². The number of thioether (sulfide) groups is 1. The van der Waals surface area contributed by atoms with E-state index in [-0.39, 0.29) is 11.8 Å². The number of methoxy groups -OCH3 is 1. The number of anilines is 1. The van der Waals surface area contributed by atoms with E-state index in [1.165, 1.54) is 0 Å². The number of hydrogen-bond acceptors (Lipinski definition) is 6. The van der Waals surface area contributed by atoms with Crippen LogP contribution in [0, 0.1) is 0 Å². The van der Waals surface area contributed by atoms with Gasteiger partial charge in [0.05, 0.1) is 7.11 Å². The van der Waals surface area contributed by atoms with Crippen LogP contribution in [0.25, 0.3) is 0 Å². The molecule has 0 radical (unpaired) electrons. The van der Waals surface area contributed by atoms with E-state index in [2.05, 4.69) is 17.2 Å². The number of rotatable bonds is 5. The van der Waals surface area contributed by atoms with Crippen molar-refractivity contribution in [3.63, 3.8) is 0 Å². The van der Waals surface area contributed by atoms with E-state index in [0.29, 0.717) is 6.42 Å². The highest BCUT2D eigenvalue weighted by Crippen LogP contribution is 2.40. The summed E-state index contributed by atoms with van der Waals surface area (Å²) in [4.78, 5) is 17.4. The van der Waals surface area contributed by atoms with Crippen LogP contribution in [0.4, 0.5) is 5.95 Å². The monoisotopic (exact) mass is 370 g/mol. The number of ether oxygens (including phenoxy) is 1. The summed E-state index contributed by atoms with van der Waals surface area (Å²) < 4.78 is 7.14. The molecule has 0 saturated heterocycles. The van der Waals surface area contributed by atoms with Gasteiger partial charge in [-0.3, -0.25) is 4.79 Å². The third kappa shape index (κ3) is 3.00. The van der Waals surface area contributed by atoms with Crippen LogP contribution in [-0.4, -0.2) is 33.4 Å². The molecule has 1 aromatic heterocycles. The first-order chi connectivity index (χ1) is 12.7. The number of Topliss-reactive ketones (excluding diaryl/α,β-unsaturated/α-hetero) is 1. The Balaban J connectivity index is 1.80. The number of hydrogen-bond donors (Lipinski definition) is 1. The average molecular weight is 370 g/mol. The van der Waals surface area contributed by atoms with E-state index < -0.39 is 0 Å². The highest BCUT2D eigenvalue weighted by Gasteiger charge is 2.36. The minimum absolute atomic E-state index is 0.198. The number of benzene rings is 1. The second kappa shape index (κ2) is 7.15. The molecule has 0 saturated carbocycles. The maximum atomic E-state index is 12.7. The summed E-state index contributed by atoms with van der Waals surface area (Å²) in [5.41, 5.74) is 2.84. The lowest BCUT2D eigenvalue weighted by atomic mass is 9.85. The predicted octanol–water partition coefficient (Wildman–Crippen LogP) is 3.81. The number of ketones is 1. The van der Waals surface area contributed by atoms with Crippen LogP contribution in [0.5, 0.6) is 5.75 Å². The van der Waals surface area contributed by atoms with Gasteiger partial charge in [0.2, 0.25) is 11.1 Å². The van der Waals surface area contributed by atoms with Crippen LogP contribution in [-0.2, 0) is 4.79 Å². The van der Waals surface area contributed by atoms with Crippen molar-refractivity contribution in [2.75, 3.05) is 18.2 Å². The molecule has 0 amide bonds. The molecular formula is C19H22N4O2S. The molecule has 1 N–H and O–H groups in total. The highest BCUT2D eigenvalue weighted by molar-refractivity contribution is 7.99. The standard InChI is InChI=1S/C19H22N4O2S/c1-3-11-26-19-21-18-20-14-5-4-6-15(24)16(14)17(23(18)22-19)12-7-9-13(25-2)10-8-12/h7-10,17H,3-6,11H2,1-2H3,(H,20,21,22). The van der Waals surface area contributed by atoms with Crippen molar-refractivity contribution in [1.82, 2.24) is 14.8 Å². The third-order valence-corrected chi connectivity index (χ3v) is 5.76. The lowest BCUT2D eigenvalue weighted by Gasteiger charge is -2.32. The van der Waals surface area contributed by atoms with Crippen molar-refractivity contribution >= 4 is 23.5 Å². The SMILES string of the molecule is CCCSc1nc2n(n1)C(c1ccc(OC)cc1)C1=C(CCCC1=O)N2. The van der Waals surface area contributed by atoms with Crippen LogP contribution in [0.3, 0.4) is 0 Å². The molecule has 1 atom stereocenters. The zero-order valence-corrected chi connectivity index (χ0v) is 15.8. The zero-order valence-electron chi connectivity index (χ0n) is 15.0. The maximum Gasteiger partial charge on any atom is 0.227 e. The van der Waals surface area contributed by atoms with Crippen molar-refractivity contribution in [3.8, 4) is 5.75 Å². The van der Waals surface area contributed by atoms with Crippen LogP contribution < -0.4 is 10.1 Å². The normalized spacial score (nSPS) is 19.0. The molecule has 1 aromatic carbocycles. The fraction of sp³-hybridized carbons (Fsp3) is 0.421. The molecule has 136 valence electrons. The van der Waals surface area contributed by atoms with Crippen LogP contribution in [0.15, 0.2) is 40.7 Å². The first-order valence-electron chi connectivity index (χ1n) is 8.97. The number of nitrogens with zero attached hydrogens (tertiary/aromatic N) is 3. The van der Waals surface area contributed by atoms with Gasteiger partial charge < -0.3 is 10.1 Å². The Morgan fingerprint density at radius 1 is 1.31 bits per heavy atom. The summed E-state index contributed by atoms with van der Waals surface area (Å²) in [6, 6.07) is 7.63. The van der Waals surface area contributed by atoms with Crippen molar-refractivity contribution < 1.29 is 9.53 Å². The van der Waals surface area contributed by atoms with Gasteiger partial charge in [-0.05, 0) is 37.0 Å². The fourth-order valence-electron chi connectivity index (χ4n) is 3.49. The molecule has 26 heavy (non-hydrogen) atoms. The largest absolute Gasteiger partial charge is 0.497 e. The van der Waals surface area contributed by atoms with Gasteiger partial charge >= 0.3 is 0 Å². The van der Waals surface area contributed by atoms with Gasteiger partial charge in [-0.1, -0.05) is 30.8 Å². The van der Waals surface area contributed by atoms with Gasteiger partial charge in [0.25, 0.3) is 0 Å². The molecule has 4 rings (SSSR count). The summed E-state index contributed by atoms with van der Waals surface area (Å²) in [6.45, 7) is 2.14. The summed E-state index contributed by atoms with van der Waals surface area (Å²) in [5.74, 6) is 2.69. The van der Waals surface area contributed by atoms with Gasteiger partial charge in [0, 0.05) is 23.4 Å². The number of aromatic nitrogens is 3. The summed E-state index contributed by atoms with van der Waals surface area (Å²) in [5, 5.41) is 8.81. The topological polar surface area (TPSA) is 69.0 Å². The van der Waals surface area contributed by atoms with Gasteiger partial charge in [-0.15, -0.1) is 5.10 Å². The van der Waals surface area contributed by atoms with E-state index in [0.717, 1.165) is 58.7 Å². The quantitative estimate of drug-likeness (QED) is 0.807. The smallest absolute Gasteiger partial charge is 0.227 e. The molecule has 6 nitrogen and oxygen atoms in total. The summed E-state index contributed by atoms with van der Waals surface area (Å²) in [7, 11) is 1.65. The maximum absolute atomic E-state index is 12.7. The molecule has 1 aliphatic heterocycles.